The SMILES string of the molecule is O=C(C1Cc2cccc(F)c2O1)n1ccccc1=NC1CCCCC1. The number of rotatable bonds is 2. The Bertz CT molecular complexity index is 853. The lowest BCUT2D eigenvalue weighted by atomic mass is 9.96. The molecule has 5 heteroatoms. The van der Waals surface area contributed by atoms with Gasteiger partial charge in [-0.2, -0.15) is 0 Å². The van der Waals surface area contributed by atoms with Gasteiger partial charge >= 0.3 is 0 Å². The van der Waals surface area contributed by atoms with E-state index in [-0.39, 0.29) is 17.7 Å². The average molecular weight is 340 g/mol. The van der Waals surface area contributed by atoms with Crippen LogP contribution in [0.1, 0.15) is 42.5 Å². The summed E-state index contributed by atoms with van der Waals surface area (Å²) in [6.07, 6.45) is 7.17. The number of nitrogens with zero attached hydrogens (tertiary/aromatic N) is 2. The smallest absolute Gasteiger partial charge is 0.273 e. The number of para-hydroxylation sites is 1. The number of carbonyl (C=O) groups excluding carboxylic acids is 1. The zero-order valence-corrected chi connectivity index (χ0v) is 14.0. The first-order valence-corrected chi connectivity index (χ1v) is 8.92. The Morgan fingerprint density at radius 1 is 1.12 bits per heavy atom. The Morgan fingerprint density at radius 3 is 2.76 bits per heavy atom. The summed E-state index contributed by atoms with van der Waals surface area (Å²) < 4.78 is 21.0. The molecule has 0 N–H and O–H groups in total. The van der Waals surface area contributed by atoms with Crippen LogP contribution in [0.5, 0.6) is 5.75 Å². The molecule has 1 atom stereocenters. The third kappa shape index (κ3) is 3.23. The summed E-state index contributed by atoms with van der Waals surface area (Å²) in [4.78, 5) is 17.7. The molecule has 1 aromatic heterocycles. The number of hydrogen-bond acceptors (Lipinski definition) is 3. The van der Waals surface area contributed by atoms with Gasteiger partial charge in [-0.3, -0.25) is 14.4 Å². The number of fused-ring (bicyclic) bond motifs is 1. The Kier molecular flexibility index (Phi) is 4.38. The summed E-state index contributed by atoms with van der Waals surface area (Å²) in [6, 6.07) is 10.6. The molecule has 1 aliphatic heterocycles. The fraction of sp³-hybridized carbons (Fsp3) is 0.400. The number of aromatic nitrogens is 1. The lowest BCUT2D eigenvalue weighted by molar-refractivity contribution is 0.0723. The molecule has 4 rings (SSSR count). The molecule has 0 amide bonds. The van der Waals surface area contributed by atoms with Gasteiger partial charge < -0.3 is 4.74 Å². The summed E-state index contributed by atoms with van der Waals surface area (Å²) in [6.45, 7) is 0. The molecule has 2 aliphatic rings. The number of benzene rings is 1. The standard InChI is InChI=1S/C20H21FN2O2/c21-16-10-6-7-14-13-17(25-19(14)16)20(24)23-12-5-4-11-18(23)22-15-8-2-1-3-9-15/h4-7,10-12,15,17H,1-3,8-9,13H2. The summed E-state index contributed by atoms with van der Waals surface area (Å²) in [5, 5.41) is 0. The van der Waals surface area contributed by atoms with Crippen LogP contribution in [0.4, 0.5) is 4.39 Å². The highest BCUT2D eigenvalue weighted by Gasteiger charge is 2.32. The first kappa shape index (κ1) is 16.1. The second-order valence-corrected chi connectivity index (χ2v) is 6.73. The second kappa shape index (κ2) is 6.82. The molecule has 2 heterocycles. The van der Waals surface area contributed by atoms with E-state index in [2.05, 4.69) is 0 Å². The van der Waals surface area contributed by atoms with Crippen LogP contribution in [-0.2, 0) is 6.42 Å². The predicted molar refractivity (Wildman–Crippen MR) is 92.0 cm³/mol. The number of carbonyl (C=O) groups is 1. The maximum atomic E-state index is 13.9. The molecule has 1 fully saturated rings. The average Bonchev–Trinajstić information content (AvgIpc) is 3.08. The van der Waals surface area contributed by atoms with E-state index in [0.717, 1.165) is 18.4 Å². The van der Waals surface area contributed by atoms with Crippen LogP contribution in [0.2, 0.25) is 0 Å². The van der Waals surface area contributed by atoms with Crippen LogP contribution in [0, 0.1) is 5.82 Å². The van der Waals surface area contributed by atoms with E-state index in [1.807, 2.05) is 12.1 Å². The van der Waals surface area contributed by atoms with Crippen molar-refractivity contribution in [2.45, 2.75) is 50.7 Å². The van der Waals surface area contributed by atoms with Gasteiger partial charge in [-0.15, -0.1) is 0 Å². The highest BCUT2D eigenvalue weighted by atomic mass is 19.1. The largest absolute Gasteiger partial charge is 0.477 e. The summed E-state index contributed by atoms with van der Waals surface area (Å²) in [5.41, 5.74) is 1.39. The van der Waals surface area contributed by atoms with Crippen molar-refractivity contribution in [2.24, 2.45) is 4.99 Å². The number of halogens is 1. The minimum atomic E-state index is -0.709. The highest BCUT2D eigenvalue weighted by molar-refractivity contribution is 5.84. The van der Waals surface area contributed by atoms with Gasteiger partial charge in [-0.05, 0) is 31.0 Å². The zero-order valence-electron chi connectivity index (χ0n) is 14.0. The lowest BCUT2D eigenvalue weighted by Gasteiger charge is -2.18. The van der Waals surface area contributed by atoms with E-state index in [1.54, 1.807) is 29.0 Å². The third-order valence-corrected chi connectivity index (χ3v) is 4.95. The second-order valence-electron chi connectivity index (χ2n) is 6.73. The van der Waals surface area contributed by atoms with E-state index in [4.69, 9.17) is 9.73 Å². The maximum absolute atomic E-state index is 13.9. The van der Waals surface area contributed by atoms with E-state index in [9.17, 15) is 9.18 Å². The molecule has 2 aromatic rings. The van der Waals surface area contributed by atoms with Gasteiger partial charge in [0.15, 0.2) is 17.7 Å². The number of hydrogen-bond donors (Lipinski definition) is 0. The minimum Gasteiger partial charge on any atom is -0.477 e. The van der Waals surface area contributed by atoms with Gasteiger partial charge in [0, 0.05) is 18.2 Å². The molecule has 1 unspecified atom stereocenters. The predicted octanol–water partition coefficient (Wildman–Crippen LogP) is 3.50. The Morgan fingerprint density at radius 2 is 1.96 bits per heavy atom. The van der Waals surface area contributed by atoms with Crippen LogP contribution in [0.25, 0.3) is 0 Å². The zero-order chi connectivity index (χ0) is 17.2. The van der Waals surface area contributed by atoms with Crippen molar-refractivity contribution in [1.29, 1.82) is 0 Å². The van der Waals surface area contributed by atoms with Crippen molar-refractivity contribution in [1.82, 2.24) is 4.57 Å². The molecule has 1 saturated carbocycles. The van der Waals surface area contributed by atoms with Crippen molar-refractivity contribution in [3.63, 3.8) is 0 Å². The first-order chi connectivity index (χ1) is 12.2. The Hall–Kier alpha value is -2.43. The van der Waals surface area contributed by atoms with E-state index >= 15 is 0 Å². The molecular formula is C20H21FN2O2. The van der Waals surface area contributed by atoms with E-state index in [1.165, 1.54) is 25.3 Å². The molecule has 1 aliphatic carbocycles. The Labute approximate surface area is 146 Å². The van der Waals surface area contributed by atoms with Crippen LogP contribution in [0.15, 0.2) is 47.6 Å². The summed E-state index contributed by atoms with van der Waals surface area (Å²) in [7, 11) is 0. The van der Waals surface area contributed by atoms with Crippen molar-refractivity contribution in [3.05, 3.63) is 59.5 Å². The molecule has 0 saturated heterocycles. The maximum Gasteiger partial charge on any atom is 0.273 e. The minimum absolute atomic E-state index is 0.197. The fourth-order valence-electron chi connectivity index (χ4n) is 3.65. The lowest BCUT2D eigenvalue weighted by Crippen LogP contribution is -2.38. The van der Waals surface area contributed by atoms with Crippen LogP contribution in [-0.4, -0.2) is 22.6 Å². The molecular weight excluding hydrogens is 319 g/mol. The van der Waals surface area contributed by atoms with Crippen molar-refractivity contribution in [3.8, 4) is 5.75 Å². The van der Waals surface area contributed by atoms with Crippen LogP contribution < -0.4 is 10.2 Å². The molecule has 0 bridgehead atoms. The Balaban J connectivity index is 1.61. The van der Waals surface area contributed by atoms with Crippen LogP contribution >= 0.6 is 0 Å². The van der Waals surface area contributed by atoms with Gasteiger partial charge in [0.25, 0.3) is 5.91 Å². The molecule has 4 nitrogen and oxygen atoms in total. The highest BCUT2D eigenvalue weighted by Crippen LogP contribution is 2.31. The van der Waals surface area contributed by atoms with E-state index in [0.29, 0.717) is 11.9 Å². The van der Waals surface area contributed by atoms with Gasteiger partial charge in [-0.1, -0.05) is 37.5 Å². The molecule has 0 radical (unpaired) electrons. The summed E-state index contributed by atoms with van der Waals surface area (Å²) >= 11 is 0. The summed E-state index contributed by atoms with van der Waals surface area (Å²) in [5.74, 6) is -0.424. The van der Waals surface area contributed by atoms with Gasteiger partial charge in [-0.25, -0.2) is 4.39 Å². The van der Waals surface area contributed by atoms with Crippen molar-refractivity contribution < 1.29 is 13.9 Å². The monoisotopic (exact) mass is 340 g/mol. The molecule has 1 aromatic carbocycles. The van der Waals surface area contributed by atoms with Crippen LogP contribution in [0.3, 0.4) is 0 Å². The van der Waals surface area contributed by atoms with Gasteiger partial charge in [0.05, 0.1) is 6.04 Å². The van der Waals surface area contributed by atoms with E-state index < -0.39 is 11.9 Å². The third-order valence-electron chi connectivity index (χ3n) is 4.95. The topological polar surface area (TPSA) is 43.6 Å². The first-order valence-electron chi connectivity index (χ1n) is 8.92. The van der Waals surface area contributed by atoms with Crippen molar-refractivity contribution in [2.75, 3.05) is 0 Å². The fourth-order valence-corrected chi connectivity index (χ4v) is 3.65. The normalized spacial score (nSPS) is 21.0. The van der Waals surface area contributed by atoms with Crippen molar-refractivity contribution >= 4 is 5.91 Å². The number of ether oxygens (including phenoxy) is 1. The molecule has 130 valence electrons. The van der Waals surface area contributed by atoms with Gasteiger partial charge in [0.1, 0.15) is 5.49 Å². The number of pyridine rings is 1. The molecule has 25 heavy (non-hydrogen) atoms. The molecule has 0 spiro atoms. The quantitative estimate of drug-likeness (QED) is 0.840. The van der Waals surface area contributed by atoms with Gasteiger partial charge in [0.2, 0.25) is 0 Å².